The average molecular weight is 293 g/mol. The molecule has 0 aromatic heterocycles. The molecule has 1 aromatic rings. The van der Waals surface area contributed by atoms with Gasteiger partial charge in [0.25, 0.3) is 0 Å². The molecule has 4 N–H and O–H groups in total. The van der Waals surface area contributed by atoms with E-state index >= 15 is 0 Å². The molecule has 0 bridgehead atoms. The number of carbonyl (C=O) groups excluding carboxylic acids is 1. The van der Waals surface area contributed by atoms with Gasteiger partial charge in [-0.1, -0.05) is 0 Å². The standard InChI is InChI=1S/C14H19N3O4/c1-17-6-2-3-10(17)8-15-14(21)16-9-4-5-12(18)11(7-9)13(19)20/h4-5,7,10,18H,2-3,6,8H2,1H3,(H,19,20)(H2,15,16,21). The van der Waals surface area contributed by atoms with E-state index in [2.05, 4.69) is 15.5 Å². The predicted octanol–water partition coefficient (Wildman–Crippen LogP) is 1.31. The van der Waals surface area contributed by atoms with Crippen LogP contribution in [0.15, 0.2) is 18.2 Å². The molecule has 0 radical (unpaired) electrons. The molecule has 0 spiro atoms. The molecular weight excluding hydrogens is 274 g/mol. The van der Waals surface area contributed by atoms with Gasteiger partial charge >= 0.3 is 12.0 Å². The van der Waals surface area contributed by atoms with Crippen molar-refractivity contribution in [1.82, 2.24) is 10.2 Å². The summed E-state index contributed by atoms with van der Waals surface area (Å²) >= 11 is 0. The number of carboxylic acid groups (broad SMARTS) is 1. The van der Waals surface area contributed by atoms with Crippen LogP contribution in [0.2, 0.25) is 0 Å². The van der Waals surface area contributed by atoms with E-state index in [4.69, 9.17) is 5.11 Å². The van der Waals surface area contributed by atoms with Gasteiger partial charge in [-0.25, -0.2) is 9.59 Å². The number of carbonyl (C=O) groups is 2. The van der Waals surface area contributed by atoms with Crippen molar-refractivity contribution in [1.29, 1.82) is 0 Å². The number of aromatic carboxylic acids is 1. The van der Waals surface area contributed by atoms with E-state index in [0.29, 0.717) is 18.3 Å². The Morgan fingerprint density at radius 3 is 2.81 bits per heavy atom. The van der Waals surface area contributed by atoms with Gasteiger partial charge in [-0.2, -0.15) is 0 Å². The van der Waals surface area contributed by atoms with Crippen molar-refractivity contribution in [3.05, 3.63) is 23.8 Å². The number of rotatable bonds is 4. The Kier molecular flexibility index (Phi) is 4.64. The normalized spacial score (nSPS) is 18.4. The quantitative estimate of drug-likeness (QED) is 0.627. The highest BCUT2D eigenvalue weighted by Gasteiger charge is 2.21. The largest absolute Gasteiger partial charge is 0.507 e. The van der Waals surface area contributed by atoms with Gasteiger partial charge in [0, 0.05) is 18.3 Å². The average Bonchev–Trinajstić information content (AvgIpc) is 2.84. The van der Waals surface area contributed by atoms with E-state index < -0.39 is 12.0 Å². The molecule has 2 amide bonds. The third-order valence-electron chi connectivity index (χ3n) is 3.65. The Hall–Kier alpha value is -2.28. The second-order valence-electron chi connectivity index (χ2n) is 5.15. The number of carboxylic acids is 1. The first-order valence-electron chi connectivity index (χ1n) is 6.79. The van der Waals surface area contributed by atoms with E-state index in [9.17, 15) is 14.7 Å². The lowest BCUT2D eigenvalue weighted by Crippen LogP contribution is -2.40. The number of hydrogen-bond donors (Lipinski definition) is 4. The topological polar surface area (TPSA) is 102 Å². The summed E-state index contributed by atoms with van der Waals surface area (Å²) in [4.78, 5) is 24.9. The Morgan fingerprint density at radius 2 is 2.19 bits per heavy atom. The van der Waals surface area contributed by atoms with E-state index in [0.717, 1.165) is 19.4 Å². The van der Waals surface area contributed by atoms with Crippen LogP contribution < -0.4 is 10.6 Å². The van der Waals surface area contributed by atoms with Crippen molar-refractivity contribution in [2.45, 2.75) is 18.9 Å². The monoisotopic (exact) mass is 293 g/mol. The van der Waals surface area contributed by atoms with Crippen LogP contribution in [0.25, 0.3) is 0 Å². The summed E-state index contributed by atoms with van der Waals surface area (Å²) in [5.41, 5.74) is 0.0748. The fraction of sp³-hybridized carbons (Fsp3) is 0.429. The maximum Gasteiger partial charge on any atom is 0.339 e. The van der Waals surface area contributed by atoms with Gasteiger partial charge in [0.15, 0.2) is 0 Å². The number of aromatic hydroxyl groups is 1. The maximum absolute atomic E-state index is 11.8. The Labute approximate surface area is 122 Å². The van der Waals surface area contributed by atoms with Crippen LogP contribution in [0.1, 0.15) is 23.2 Å². The van der Waals surface area contributed by atoms with Crippen LogP contribution >= 0.6 is 0 Å². The summed E-state index contributed by atoms with van der Waals surface area (Å²) in [5.74, 6) is -1.58. The Bertz CT molecular complexity index is 547. The van der Waals surface area contributed by atoms with Crippen LogP contribution in [0.4, 0.5) is 10.5 Å². The lowest BCUT2D eigenvalue weighted by molar-refractivity contribution is 0.0693. The number of amides is 2. The van der Waals surface area contributed by atoms with E-state index in [1.54, 1.807) is 0 Å². The molecule has 21 heavy (non-hydrogen) atoms. The molecule has 7 nitrogen and oxygen atoms in total. The molecular formula is C14H19N3O4. The minimum absolute atomic E-state index is 0.247. The van der Waals surface area contributed by atoms with Gasteiger partial charge in [0.1, 0.15) is 11.3 Å². The summed E-state index contributed by atoms with van der Waals surface area (Å²) < 4.78 is 0. The molecule has 0 aliphatic carbocycles. The zero-order chi connectivity index (χ0) is 15.4. The number of anilines is 1. The summed E-state index contributed by atoms with van der Waals surface area (Å²) in [6, 6.07) is 3.86. The zero-order valence-corrected chi connectivity index (χ0v) is 11.8. The molecule has 1 atom stereocenters. The summed E-state index contributed by atoms with van der Waals surface area (Å²) in [6.07, 6.45) is 2.18. The van der Waals surface area contributed by atoms with Gasteiger partial charge in [0.05, 0.1) is 0 Å². The third kappa shape index (κ3) is 3.85. The molecule has 2 rings (SSSR count). The number of nitrogens with one attached hydrogen (secondary N) is 2. The van der Waals surface area contributed by atoms with Gasteiger partial charge in [-0.3, -0.25) is 0 Å². The summed E-state index contributed by atoms with van der Waals surface area (Å²) in [5, 5.41) is 23.6. The highest BCUT2D eigenvalue weighted by Crippen LogP contribution is 2.21. The fourth-order valence-corrected chi connectivity index (χ4v) is 2.41. The van der Waals surface area contributed by atoms with Gasteiger partial charge in [-0.15, -0.1) is 0 Å². The molecule has 1 heterocycles. The first-order chi connectivity index (χ1) is 9.97. The second-order valence-corrected chi connectivity index (χ2v) is 5.15. The van der Waals surface area contributed by atoms with Crippen LogP contribution in [0.3, 0.4) is 0 Å². The van der Waals surface area contributed by atoms with Crippen molar-refractivity contribution < 1.29 is 19.8 Å². The summed E-state index contributed by atoms with van der Waals surface area (Å²) in [7, 11) is 2.02. The molecule has 1 aliphatic rings. The van der Waals surface area contributed by atoms with Crippen LogP contribution in [-0.4, -0.2) is 53.3 Å². The van der Waals surface area contributed by atoms with E-state index in [-0.39, 0.29) is 11.3 Å². The second kappa shape index (κ2) is 6.45. The SMILES string of the molecule is CN1CCCC1CNC(=O)Nc1ccc(O)c(C(=O)O)c1. The van der Waals surface area contributed by atoms with Gasteiger partial charge < -0.3 is 25.7 Å². The summed E-state index contributed by atoms with van der Waals surface area (Å²) in [6.45, 7) is 1.58. The third-order valence-corrected chi connectivity index (χ3v) is 3.65. The molecule has 1 fully saturated rings. The fourth-order valence-electron chi connectivity index (χ4n) is 2.41. The lowest BCUT2D eigenvalue weighted by atomic mass is 10.2. The van der Waals surface area contributed by atoms with Crippen molar-refractivity contribution in [3.8, 4) is 5.75 Å². The predicted molar refractivity (Wildman–Crippen MR) is 77.7 cm³/mol. The molecule has 114 valence electrons. The number of hydrogen-bond acceptors (Lipinski definition) is 4. The van der Waals surface area contributed by atoms with Gasteiger partial charge in [-0.05, 0) is 44.6 Å². The number of likely N-dealkylation sites (N-methyl/N-ethyl adjacent to an activating group) is 1. The van der Waals surface area contributed by atoms with Crippen LogP contribution in [0, 0.1) is 0 Å². The van der Waals surface area contributed by atoms with Crippen molar-refractivity contribution in [3.63, 3.8) is 0 Å². The number of nitrogens with zero attached hydrogens (tertiary/aromatic N) is 1. The van der Waals surface area contributed by atoms with E-state index in [1.165, 1.54) is 18.2 Å². The first kappa shape index (κ1) is 15.1. The number of phenols is 1. The lowest BCUT2D eigenvalue weighted by Gasteiger charge is -2.19. The molecule has 1 aliphatic heterocycles. The van der Waals surface area contributed by atoms with Crippen molar-refractivity contribution in [2.24, 2.45) is 0 Å². The maximum atomic E-state index is 11.8. The highest BCUT2D eigenvalue weighted by atomic mass is 16.4. The number of benzene rings is 1. The van der Waals surface area contributed by atoms with Crippen LogP contribution in [0.5, 0.6) is 5.75 Å². The molecule has 0 saturated carbocycles. The zero-order valence-electron chi connectivity index (χ0n) is 11.8. The smallest absolute Gasteiger partial charge is 0.339 e. The number of urea groups is 1. The van der Waals surface area contributed by atoms with Crippen molar-refractivity contribution in [2.75, 3.05) is 25.5 Å². The Morgan fingerprint density at radius 1 is 1.43 bits per heavy atom. The molecule has 1 aromatic carbocycles. The van der Waals surface area contributed by atoms with Gasteiger partial charge in [0.2, 0.25) is 0 Å². The first-order valence-corrected chi connectivity index (χ1v) is 6.79. The van der Waals surface area contributed by atoms with E-state index in [1.807, 2.05) is 7.05 Å². The highest BCUT2D eigenvalue weighted by molar-refractivity contribution is 5.95. The van der Waals surface area contributed by atoms with Crippen LogP contribution in [-0.2, 0) is 0 Å². The molecule has 1 saturated heterocycles. The molecule has 1 unspecified atom stereocenters. The Balaban J connectivity index is 1.90. The minimum atomic E-state index is -1.25. The molecule has 7 heteroatoms. The minimum Gasteiger partial charge on any atom is -0.507 e. The van der Waals surface area contributed by atoms with Crippen molar-refractivity contribution >= 4 is 17.7 Å². The number of likely N-dealkylation sites (tertiary alicyclic amines) is 1.